The van der Waals surface area contributed by atoms with Crippen molar-refractivity contribution in [1.82, 2.24) is 20.4 Å². The van der Waals surface area contributed by atoms with Crippen LogP contribution in [0.4, 0.5) is 0 Å². The predicted molar refractivity (Wildman–Crippen MR) is 67.9 cm³/mol. The first-order valence-electron chi connectivity index (χ1n) is 6.21. The Hall–Kier alpha value is -2.11. The Morgan fingerprint density at radius 1 is 1.32 bits per heavy atom. The Balaban J connectivity index is 2.00. The maximum Gasteiger partial charge on any atom is 0.199 e. The van der Waals surface area contributed by atoms with Crippen LogP contribution in [0.15, 0.2) is 24.3 Å². The number of nitrogens with zero attached hydrogens (tertiary/aromatic N) is 4. The van der Waals surface area contributed by atoms with E-state index in [1.807, 2.05) is 38.1 Å². The fraction of sp³-hybridized carbons (Fsp3) is 0.462. The third kappa shape index (κ3) is 2.14. The maximum atomic E-state index is 5.71. The van der Waals surface area contributed by atoms with Crippen LogP contribution in [0.2, 0.25) is 0 Å². The topological polar surface area (TPSA) is 62.1 Å². The van der Waals surface area contributed by atoms with Gasteiger partial charge < -0.3 is 9.57 Å². The van der Waals surface area contributed by atoms with Crippen molar-refractivity contribution in [3.63, 3.8) is 0 Å². The predicted octanol–water partition coefficient (Wildman–Crippen LogP) is 1.42. The summed E-state index contributed by atoms with van der Waals surface area (Å²) in [6, 6.07) is 7.99. The van der Waals surface area contributed by atoms with Crippen molar-refractivity contribution in [2.75, 3.05) is 7.11 Å². The van der Waals surface area contributed by atoms with Gasteiger partial charge in [0.05, 0.1) is 13.0 Å². The number of fused-ring (bicyclic) bond motifs is 1. The molecule has 0 spiro atoms. The first-order valence-corrected chi connectivity index (χ1v) is 6.21. The Bertz CT molecular complexity index is 577. The van der Waals surface area contributed by atoms with Gasteiger partial charge in [-0.15, -0.1) is 5.10 Å². The average molecular weight is 260 g/mol. The fourth-order valence-electron chi connectivity index (χ4n) is 2.41. The molecule has 19 heavy (non-hydrogen) atoms. The number of benzene rings is 1. The van der Waals surface area contributed by atoms with E-state index in [0.29, 0.717) is 0 Å². The van der Waals surface area contributed by atoms with Gasteiger partial charge in [0.15, 0.2) is 5.82 Å². The highest BCUT2D eigenvalue weighted by Gasteiger charge is 2.37. The van der Waals surface area contributed by atoms with Crippen LogP contribution in [0.5, 0.6) is 5.75 Å². The minimum absolute atomic E-state index is 0.129. The van der Waals surface area contributed by atoms with Crippen LogP contribution < -0.4 is 9.57 Å². The van der Waals surface area contributed by atoms with E-state index in [0.717, 1.165) is 23.6 Å². The summed E-state index contributed by atoms with van der Waals surface area (Å²) in [5.74, 6) is 1.71. The summed E-state index contributed by atoms with van der Waals surface area (Å²) in [7, 11) is 1.66. The van der Waals surface area contributed by atoms with E-state index in [1.165, 1.54) is 4.85 Å². The highest BCUT2D eigenvalue weighted by atomic mass is 16.7. The summed E-state index contributed by atoms with van der Waals surface area (Å²) in [4.78, 5) is 7.14. The molecule has 0 amide bonds. The molecule has 0 radical (unpaired) electrons. The van der Waals surface area contributed by atoms with Crippen molar-refractivity contribution >= 4 is 0 Å². The third-order valence-corrected chi connectivity index (χ3v) is 3.32. The van der Waals surface area contributed by atoms with Gasteiger partial charge >= 0.3 is 0 Å². The molecule has 1 aromatic heterocycles. The quantitative estimate of drug-likeness (QED) is 0.817. The Labute approximate surface area is 111 Å². The summed E-state index contributed by atoms with van der Waals surface area (Å²) < 4.78 is 5.18. The molecular weight excluding hydrogens is 244 g/mol. The molecule has 6 nitrogen and oxygen atoms in total. The Morgan fingerprint density at radius 2 is 2.05 bits per heavy atom. The van der Waals surface area contributed by atoms with Gasteiger partial charge in [0.25, 0.3) is 0 Å². The minimum Gasteiger partial charge on any atom is -0.497 e. The molecule has 1 aliphatic heterocycles. The zero-order valence-electron chi connectivity index (χ0n) is 11.2. The zero-order valence-corrected chi connectivity index (χ0v) is 11.2. The first-order chi connectivity index (χ1) is 9.09. The lowest BCUT2D eigenvalue weighted by molar-refractivity contribution is -0.0795. The molecular formula is C13H16N4O2. The molecule has 2 aromatic rings. The van der Waals surface area contributed by atoms with Gasteiger partial charge in [0.2, 0.25) is 0 Å². The number of rotatable bonds is 2. The number of aromatic nitrogens is 4. The summed E-state index contributed by atoms with van der Waals surface area (Å²) >= 11 is 0. The van der Waals surface area contributed by atoms with E-state index in [9.17, 15) is 0 Å². The molecule has 0 unspecified atom stereocenters. The molecule has 0 bridgehead atoms. The van der Waals surface area contributed by atoms with E-state index in [4.69, 9.17) is 9.57 Å². The molecule has 0 aliphatic carbocycles. The summed E-state index contributed by atoms with van der Waals surface area (Å²) in [6.07, 6.45) is 0.833. The van der Waals surface area contributed by atoms with Gasteiger partial charge in [-0.2, -0.15) is 0 Å². The summed E-state index contributed by atoms with van der Waals surface area (Å²) in [5.41, 5.74) is 0.862. The Kier molecular flexibility index (Phi) is 2.66. The average Bonchev–Trinajstić information content (AvgIpc) is 2.84. The maximum absolute atomic E-state index is 5.71. The smallest absolute Gasteiger partial charge is 0.199 e. The molecule has 2 heterocycles. The molecule has 100 valence electrons. The molecule has 0 saturated carbocycles. The van der Waals surface area contributed by atoms with Gasteiger partial charge in [-0.05, 0) is 42.0 Å². The zero-order chi connectivity index (χ0) is 13.5. The lowest BCUT2D eigenvalue weighted by atomic mass is 9.86. The summed E-state index contributed by atoms with van der Waals surface area (Å²) in [5, 5.41) is 11.6. The van der Waals surface area contributed by atoms with Crippen LogP contribution in [0.3, 0.4) is 0 Å². The van der Waals surface area contributed by atoms with Crippen LogP contribution in [0.1, 0.15) is 37.6 Å². The molecule has 6 heteroatoms. The monoisotopic (exact) mass is 260 g/mol. The van der Waals surface area contributed by atoms with Crippen molar-refractivity contribution < 1.29 is 9.57 Å². The van der Waals surface area contributed by atoms with Crippen LogP contribution in [0, 0.1) is 0 Å². The summed E-state index contributed by atoms with van der Waals surface area (Å²) in [6.45, 7) is 4.07. The highest BCUT2D eigenvalue weighted by Crippen LogP contribution is 2.35. The molecule has 0 N–H and O–H groups in total. The molecule has 3 rings (SSSR count). The van der Waals surface area contributed by atoms with Crippen molar-refractivity contribution in [3.05, 3.63) is 35.7 Å². The van der Waals surface area contributed by atoms with Crippen molar-refractivity contribution in [1.29, 1.82) is 0 Å². The van der Waals surface area contributed by atoms with Gasteiger partial charge in [0, 0.05) is 6.42 Å². The van der Waals surface area contributed by atoms with E-state index in [2.05, 4.69) is 15.5 Å². The van der Waals surface area contributed by atoms with Crippen LogP contribution >= 0.6 is 0 Å². The van der Waals surface area contributed by atoms with Crippen LogP contribution in [0.25, 0.3) is 0 Å². The Morgan fingerprint density at radius 3 is 2.74 bits per heavy atom. The standard InChI is InChI=1S/C13H16N4O2/c1-13(2)8-11(12-14-15-16-17(12)19-13)9-4-6-10(18-3)7-5-9/h4-7,11H,8H2,1-3H3/t11-/m0/s1. The third-order valence-electron chi connectivity index (χ3n) is 3.32. The van der Waals surface area contributed by atoms with Gasteiger partial charge in [-0.3, -0.25) is 0 Å². The number of tetrazole rings is 1. The lowest BCUT2D eigenvalue weighted by Gasteiger charge is -2.34. The number of hydrogen-bond acceptors (Lipinski definition) is 5. The normalized spacial score (nSPS) is 20.5. The van der Waals surface area contributed by atoms with Crippen molar-refractivity contribution in [3.8, 4) is 5.75 Å². The first kappa shape index (κ1) is 12.0. The second-order valence-corrected chi connectivity index (χ2v) is 5.29. The molecule has 1 atom stereocenters. The molecule has 1 aliphatic rings. The van der Waals surface area contributed by atoms with E-state index in [1.54, 1.807) is 7.11 Å². The highest BCUT2D eigenvalue weighted by molar-refractivity contribution is 5.32. The molecule has 1 aromatic carbocycles. The lowest BCUT2D eigenvalue weighted by Crippen LogP contribution is -2.43. The van der Waals surface area contributed by atoms with Gasteiger partial charge in [-0.25, -0.2) is 0 Å². The van der Waals surface area contributed by atoms with E-state index >= 15 is 0 Å². The van der Waals surface area contributed by atoms with Crippen LogP contribution in [-0.4, -0.2) is 33.1 Å². The largest absolute Gasteiger partial charge is 0.497 e. The van der Waals surface area contributed by atoms with Gasteiger partial charge in [-0.1, -0.05) is 17.0 Å². The van der Waals surface area contributed by atoms with Crippen molar-refractivity contribution in [2.45, 2.75) is 31.8 Å². The van der Waals surface area contributed by atoms with Gasteiger partial charge in [0.1, 0.15) is 11.4 Å². The fourth-order valence-corrected chi connectivity index (χ4v) is 2.41. The SMILES string of the molecule is COc1ccc([C@@H]2CC(C)(C)On3nnnc32)cc1. The number of methoxy groups -OCH3 is 1. The van der Waals surface area contributed by atoms with Crippen molar-refractivity contribution in [2.24, 2.45) is 0 Å². The molecule has 0 saturated heterocycles. The second kappa shape index (κ2) is 4.22. The number of hydrogen-bond donors (Lipinski definition) is 0. The minimum atomic E-state index is -0.299. The van der Waals surface area contributed by atoms with Crippen LogP contribution in [-0.2, 0) is 0 Å². The van der Waals surface area contributed by atoms with E-state index < -0.39 is 0 Å². The van der Waals surface area contributed by atoms with E-state index in [-0.39, 0.29) is 11.5 Å². The number of ether oxygens (including phenoxy) is 1. The second-order valence-electron chi connectivity index (χ2n) is 5.29. The molecule has 0 fully saturated rings.